The molecule has 10 heteroatoms. The summed E-state index contributed by atoms with van der Waals surface area (Å²) in [6.07, 6.45) is 3.22. The van der Waals surface area contributed by atoms with E-state index in [9.17, 15) is 9.59 Å². The molecule has 4 atom stereocenters. The van der Waals surface area contributed by atoms with E-state index in [1.807, 2.05) is 45.0 Å². The molecule has 0 saturated carbocycles. The number of halogens is 1. The van der Waals surface area contributed by atoms with Crippen LogP contribution in [0.25, 0.3) is 0 Å². The standard InChI is InChI=1S/C29H44ClN5O4/c1-21(2)20-34(24-17-22(18-31-19-24)27(36)33-12-15-39-16-13-33)28(37)26-25(11-7-8-14-38-3)35(29(30)32-26)23-9-5-4-6-10-23/h4-6,9-10,21-22,24-26,31H,7-8,11-20H2,1-3H3/t22-,24+,25?,26?/m1/s1. The van der Waals surface area contributed by atoms with Crippen LogP contribution < -0.4 is 10.2 Å². The Labute approximate surface area is 237 Å². The van der Waals surface area contributed by atoms with Gasteiger partial charge in [-0.15, -0.1) is 0 Å². The molecule has 1 N–H and O–H groups in total. The zero-order valence-electron chi connectivity index (χ0n) is 23.6. The van der Waals surface area contributed by atoms with Crippen molar-refractivity contribution in [3.05, 3.63) is 30.3 Å². The Hall–Kier alpha value is -2.20. The van der Waals surface area contributed by atoms with Gasteiger partial charge in [-0.3, -0.25) is 9.59 Å². The fourth-order valence-corrected chi connectivity index (χ4v) is 6.23. The molecule has 0 aromatic heterocycles. The lowest BCUT2D eigenvalue weighted by Crippen LogP contribution is -2.58. The van der Waals surface area contributed by atoms with Crippen LogP contribution in [-0.4, -0.2) is 105 Å². The fourth-order valence-electron chi connectivity index (χ4n) is 5.90. The maximum Gasteiger partial charge on any atom is 0.249 e. The summed E-state index contributed by atoms with van der Waals surface area (Å²) < 4.78 is 10.7. The second-order valence-electron chi connectivity index (χ2n) is 11.2. The van der Waals surface area contributed by atoms with E-state index in [1.165, 1.54) is 0 Å². The highest BCUT2D eigenvalue weighted by Gasteiger charge is 2.44. The number of hydrogen-bond acceptors (Lipinski definition) is 7. The second-order valence-corrected chi connectivity index (χ2v) is 11.5. The van der Waals surface area contributed by atoms with E-state index in [0.29, 0.717) is 64.3 Å². The minimum Gasteiger partial charge on any atom is -0.385 e. The number of amides is 2. The summed E-state index contributed by atoms with van der Waals surface area (Å²) in [5, 5.41) is 3.80. The monoisotopic (exact) mass is 561 g/mol. The van der Waals surface area contributed by atoms with Gasteiger partial charge in [-0.2, -0.15) is 0 Å². The molecular weight excluding hydrogens is 518 g/mol. The predicted molar refractivity (Wildman–Crippen MR) is 154 cm³/mol. The number of ether oxygens (including phenoxy) is 2. The quantitative estimate of drug-likeness (QED) is 0.330. The van der Waals surface area contributed by atoms with Gasteiger partial charge in [0.2, 0.25) is 11.8 Å². The molecule has 0 radical (unpaired) electrons. The molecule has 9 nitrogen and oxygen atoms in total. The highest BCUT2D eigenvalue weighted by atomic mass is 35.5. The number of amidine groups is 1. The number of nitrogens with one attached hydrogen (secondary N) is 1. The lowest BCUT2D eigenvalue weighted by atomic mass is 9.91. The van der Waals surface area contributed by atoms with Crippen molar-refractivity contribution in [3.63, 3.8) is 0 Å². The zero-order valence-corrected chi connectivity index (χ0v) is 24.3. The number of carbonyl (C=O) groups excluding carboxylic acids is 2. The van der Waals surface area contributed by atoms with Gasteiger partial charge in [-0.25, -0.2) is 4.99 Å². The molecule has 3 aliphatic rings. The normalized spacial score (nSPS) is 25.6. The summed E-state index contributed by atoms with van der Waals surface area (Å²) in [7, 11) is 1.71. The molecule has 39 heavy (non-hydrogen) atoms. The number of aliphatic imine (C=N–C) groups is 1. The number of anilines is 1. The minimum absolute atomic E-state index is 0.0108. The van der Waals surface area contributed by atoms with E-state index in [0.717, 1.165) is 24.9 Å². The van der Waals surface area contributed by atoms with Gasteiger partial charge in [0.15, 0.2) is 11.3 Å². The van der Waals surface area contributed by atoms with Crippen molar-refractivity contribution in [2.24, 2.45) is 16.8 Å². The highest BCUT2D eigenvalue weighted by Crippen LogP contribution is 2.32. The number of piperidine rings is 1. The Bertz CT molecular complexity index is 972. The molecule has 0 spiro atoms. The first-order valence-electron chi connectivity index (χ1n) is 14.3. The maximum atomic E-state index is 14.3. The molecule has 1 aromatic rings. The van der Waals surface area contributed by atoms with Crippen LogP contribution in [0.2, 0.25) is 0 Å². The largest absolute Gasteiger partial charge is 0.385 e. The van der Waals surface area contributed by atoms with Gasteiger partial charge in [-0.1, -0.05) is 32.0 Å². The van der Waals surface area contributed by atoms with E-state index in [2.05, 4.69) is 19.2 Å². The second kappa shape index (κ2) is 14.4. The van der Waals surface area contributed by atoms with Crippen molar-refractivity contribution in [1.82, 2.24) is 15.1 Å². The summed E-state index contributed by atoms with van der Waals surface area (Å²) >= 11 is 6.74. The molecule has 2 saturated heterocycles. The third-order valence-electron chi connectivity index (χ3n) is 7.81. The van der Waals surface area contributed by atoms with Gasteiger partial charge in [-0.05, 0) is 55.3 Å². The number of nitrogens with zero attached hydrogens (tertiary/aromatic N) is 4. The van der Waals surface area contributed by atoms with Crippen LogP contribution >= 0.6 is 11.6 Å². The number of morpholine rings is 1. The summed E-state index contributed by atoms with van der Waals surface area (Å²) in [4.78, 5) is 38.3. The minimum atomic E-state index is -0.602. The summed E-state index contributed by atoms with van der Waals surface area (Å²) in [6, 6.07) is 9.06. The highest BCUT2D eigenvalue weighted by molar-refractivity contribution is 6.68. The number of methoxy groups -OCH3 is 1. The van der Waals surface area contributed by atoms with Crippen LogP contribution in [0, 0.1) is 11.8 Å². The van der Waals surface area contributed by atoms with Crippen LogP contribution in [0.3, 0.4) is 0 Å². The van der Waals surface area contributed by atoms with E-state index in [1.54, 1.807) is 7.11 Å². The topological polar surface area (TPSA) is 86.7 Å². The lowest BCUT2D eigenvalue weighted by Gasteiger charge is -2.41. The number of benzene rings is 1. The Kier molecular flexibility index (Phi) is 11.0. The van der Waals surface area contributed by atoms with Crippen LogP contribution in [0.15, 0.2) is 35.3 Å². The van der Waals surface area contributed by atoms with Gasteiger partial charge in [0.1, 0.15) is 0 Å². The Morgan fingerprint density at radius 3 is 2.62 bits per heavy atom. The molecule has 4 rings (SSSR count). The number of carbonyl (C=O) groups is 2. The smallest absolute Gasteiger partial charge is 0.249 e. The molecule has 3 heterocycles. The van der Waals surface area contributed by atoms with Gasteiger partial charge >= 0.3 is 0 Å². The van der Waals surface area contributed by atoms with Crippen molar-refractivity contribution in [2.75, 3.05) is 64.6 Å². The maximum absolute atomic E-state index is 14.3. The molecule has 0 bridgehead atoms. The Balaban J connectivity index is 1.54. The Morgan fingerprint density at radius 2 is 1.92 bits per heavy atom. The van der Waals surface area contributed by atoms with E-state index < -0.39 is 6.04 Å². The zero-order chi connectivity index (χ0) is 27.8. The molecule has 1 aromatic carbocycles. The summed E-state index contributed by atoms with van der Waals surface area (Å²) in [5.41, 5.74) is 0.934. The van der Waals surface area contributed by atoms with Crippen LogP contribution in [-0.2, 0) is 19.1 Å². The van der Waals surface area contributed by atoms with Gasteiger partial charge in [0.05, 0.1) is 25.2 Å². The van der Waals surface area contributed by atoms with Crippen LogP contribution in [0.1, 0.15) is 39.5 Å². The first-order chi connectivity index (χ1) is 18.9. The molecule has 0 aliphatic carbocycles. The third-order valence-corrected chi connectivity index (χ3v) is 8.09. The van der Waals surface area contributed by atoms with Crippen molar-refractivity contribution in [2.45, 2.75) is 57.7 Å². The first kappa shape index (κ1) is 29.8. The number of rotatable bonds is 11. The van der Waals surface area contributed by atoms with Crippen molar-refractivity contribution in [1.29, 1.82) is 0 Å². The average Bonchev–Trinajstić information content (AvgIpc) is 3.29. The van der Waals surface area contributed by atoms with Gasteiger partial charge < -0.3 is 29.5 Å². The van der Waals surface area contributed by atoms with E-state index in [4.69, 9.17) is 26.1 Å². The van der Waals surface area contributed by atoms with Crippen LogP contribution in [0.5, 0.6) is 0 Å². The SMILES string of the molecule is COCCCCC1C(C(=O)N(CC(C)C)[C@@H]2CNC[C@H](C(=O)N3CCOCC3)C2)N=C(Cl)N1c1ccccc1. The van der Waals surface area contributed by atoms with Crippen molar-refractivity contribution < 1.29 is 19.1 Å². The van der Waals surface area contributed by atoms with Gasteiger partial charge in [0.25, 0.3) is 0 Å². The number of para-hydroxylation sites is 1. The first-order valence-corrected chi connectivity index (χ1v) is 14.7. The summed E-state index contributed by atoms with van der Waals surface area (Å²) in [6.45, 7) is 9.24. The van der Waals surface area contributed by atoms with Gasteiger partial charge in [0, 0.05) is 58.2 Å². The van der Waals surface area contributed by atoms with E-state index in [-0.39, 0.29) is 35.7 Å². The fraction of sp³-hybridized carbons (Fsp3) is 0.690. The molecular formula is C29H44ClN5O4. The van der Waals surface area contributed by atoms with Crippen molar-refractivity contribution >= 4 is 34.4 Å². The molecule has 216 valence electrons. The van der Waals surface area contributed by atoms with Crippen molar-refractivity contribution in [3.8, 4) is 0 Å². The molecule has 2 amide bonds. The molecule has 3 aliphatic heterocycles. The predicted octanol–water partition coefficient (Wildman–Crippen LogP) is 2.98. The Morgan fingerprint density at radius 1 is 1.18 bits per heavy atom. The van der Waals surface area contributed by atoms with Crippen LogP contribution in [0.4, 0.5) is 5.69 Å². The molecule has 2 fully saturated rings. The number of hydrogen-bond donors (Lipinski definition) is 1. The average molecular weight is 562 g/mol. The summed E-state index contributed by atoms with van der Waals surface area (Å²) in [5.74, 6) is 0.255. The molecule has 2 unspecified atom stereocenters. The van der Waals surface area contributed by atoms with E-state index >= 15 is 0 Å². The lowest BCUT2D eigenvalue weighted by molar-refractivity contribution is -0.143. The third kappa shape index (κ3) is 7.51. The number of unbranched alkanes of at least 4 members (excludes halogenated alkanes) is 1.